The van der Waals surface area contributed by atoms with Crippen LogP contribution in [-0.4, -0.2) is 45.1 Å². The third-order valence-electron chi connectivity index (χ3n) is 4.11. The minimum atomic E-state index is -1.47. The number of ether oxygens (including phenoxy) is 1. The van der Waals surface area contributed by atoms with Crippen LogP contribution in [0.5, 0.6) is 23.0 Å². The van der Waals surface area contributed by atoms with E-state index in [0.717, 1.165) is 6.07 Å². The number of phenols is 3. The van der Waals surface area contributed by atoms with Crippen molar-refractivity contribution in [1.29, 1.82) is 0 Å². The zero-order valence-electron chi connectivity index (χ0n) is 13.1. The van der Waals surface area contributed by atoms with E-state index in [4.69, 9.17) is 4.74 Å². The van der Waals surface area contributed by atoms with E-state index in [1.54, 1.807) is 0 Å². The highest BCUT2D eigenvalue weighted by Crippen LogP contribution is 2.46. The Kier molecular flexibility index (Phi) is 3.41. The number of methoxy groups -OCH3 is 1. The van der Waals surface area contributed by atoms with Crippen molar-refractivity contribution in [3.8, 4) is 23.0 Å². The normalized spacial score (nSPS) is 12.6. The Morgan fingerprint density at radius 1 is 0.920 bits per heavy atom. The zero-order chi connectivity index (χ0) is 18.6. The van der Waals surface area contributed by atoms with E-state index in [1.807, 2.05) is 0 Å². The number of hydrogen-bond donors (Lipinski definition) is 4. The van der Waals surface area contributed by atoms with E-state index in [1.165, 1.54) is 20.1 Å². The van der Waals surface area contributed by atoms with E-state index in [0.29, 0.717) is 0 Å². The number of carbonyl (C=O) groups excluding carboxylic acids is 2. The summed E-state index contributed by atoms with van der Waals surface area (Å²) in [5, 5.41) is 39.4. The number of fused-ring (bicyclic) bond motifs is 2. The third-order valence-corrected chi connectivity index (χ3v) is 4.11. The highest BCUT2D eigenvalue weighted by molar-refractivity contribution is 6.31. The molecular formula is C17H12O8. The number of carboxylic acids is 1. The number of hydrogen-bond acceptors (Lipinski definition) is 7. The Bertz CT molecular complexity index is 987. The molecule has 3 rings (SSSR count). The molecule has 2 aromatic rings. The first-order chi connectivity index (χ1) is 11.7. The van der Waals surface area contributed by atoms with Gasteiger partial charge in [0, 0.05) is 11.1 Å². The Morgan fingerprint density at radius 3 is 2.04 bits per heavy atom. The van der Waals surface area contributed by atoms with Crippen LogP contribution in [0.3, 0.4) is 0 Å². The first-order valence-corrected chi connectivity index (χ1v) is 7.02. The molecule has 0 saturated carbocycles. The number of rotatable bonds is 2. The lowest BCUT2D eigenvalue weighted by molar-refractivity contribution is 0.0692. The van der Waals surface area contributed by atoms with Gasteiger partial charge in [-0.2, -0.15) is 0 Å². The molecule has 8 nitrogen and oxygen atoms in total. The number of ketones is 2. The van der Waals surface area contributed by atoms with Crippen molar-refractivity contribution in [2.75, 3.05) is 7.11 Å². The van der Waals surface area contributed by atoms with E-state index >= 15 is 0 Å². The molecule has 1 aliphatic rings. The van der Waals surface area contributed by atoms with Gasteiger partial charge in [0.2, 0.25) is 11.5 Å². The second-order valence-corrected chi connectivity index (χ2v) is 5.50. The first-order valence-electron chi connectivity index (χ1n) is 7.02. The van der Waals surface area contributed by atoms with Gasteiger partial charge >= 0.3 is 5.97 Å². The molecule has 25 heavy (non-hydrogen) atoms. The molecule has 2 aromatic carbocycles. The fourth-order valence-electron chi connectivity index (χ4n) is 2.95. The molecule has 0 heterocycles. The Labute approximate surface area is 140 Å². The molecule has 0 fully saturated rings. The summed E-state index contributed by atoms with van der Waals surface area (Å²) < 4.78 is 4.86. The molecule has 0 atom stereocenters. The highest BCUT2D eigenvalue weighted by atomic mass is 16.5. The molecular weight excluding hydrogens is 332 g/mol. The number of aryl methyl sites for hydroxylation is 1. The number of benzene rings is 2. The van der Waals surface area contributed by atoms with Gasteiger partial charge in [-0.05, 0) is 24.6 Å². The molecule has 0 saturated heterocycles. The maximum Gasteiger partial charge on any atom is 0.339 e. The standard InChI is InChI=1S/C17H12O8/c1-5-3-6-10(14(20)9(5)17(23)24)15(21)11-7(12(6)18)4-8(25-2)13(19)16(11)22/h3-4,19-20,22H,1-2H3,(H,23,24). The maximum absolute atomic E-state index is 12.7. The topological polar surface area (TPSA) is 141 Å². The Morgan fingerprint density at radius 2 is 1.48 bits per heavy atom. The van der Waals surface area contributed by atoms with Crippen molar-refractivity contribution in [2.24, 2.45) is 0 Å². The van der Waals surface area contributed by atoms with Gasteiger partial charge in [0.15, 0.2) is 17.3 Å². The van der Waals surface area contributed by atoms with Crippen LogP contribution in [0, 0.1) is 6.92 Å². The van der Waals surface area contributed by atoms with Gasteiger partial charge < -0.3 is 25.2 Å². The lowest BCUT2D eigenvalue weighted by Gasteiger charge is -2.22. The van der Waals surface area contributed by atoms with Crippen molar-refractivity contribution in [2.45, 2.75) is 6.92 Å². The summed E-state index contributed by atoms with van der Waals surface area (Å²) in [5.41, 5.74) is -1.87. The zero-order valence-corrected chi connectivity index (χ0v) is 13.1. The minimum Gasteiger partial charge on any atom is -0.506 e. The molecule has 0 unspecified atom stereocenters. The molecule has 0 spiro atoms. The van der Waals surface area contributed by atoms with Crippen LogP contribution in [0.25, 0.3) is 0 Å². The Balaban J connectivity index is 2.41. The van der Waals surface area contributed by atoms with Crippen LogP contribution >= 0.6 is 0 Å². The number of carboxylic acid groups (broad SMARTS) is 1. The first kappa shape index (κ1) is 16.3. The lowest BCUT2D eigenvalue weighted by atomic mass is 9.80. The fraction of sp³-hybridized carbons (Fsp3) is 0.118. The van der Waals surface area contributed by atoms with Gasteiger partial charge in [-0.25, -0.2) is 4.79 Å². The van der Waals surface area contributed by atoms with Crippen molar-refractivity contribution in [3.63, 3.8) is 0 Å². The van der Waals surface area contributed by atoms with Crippen molar-refractivity contribution < 1.29 is 39.5 Å². The van der Waals surface area contributed by atoms with Crippen LogP contribution in [0.15, 0.2) is 12.1 Å². The molecule has 8 heteroatoms. The predicted molar refractivity (Wildman–Crippen MR) is 83.0 cm³/mol. The van der Waals surface area contributed by atoms with Crippen molar-refractivity contribution in [1.82, 2.24) is 0 Å². The average molecular weight is 344 g/mol. The largest absolute Gasteiger partial charge is 0.506 e. The summed E-state index contributed by atoms with van der Waals surface area (Å²) in [6, 6.07) is 2.29. The minimum absolute atomic E-state index is 0.100. The highest BCUT2D eigenvalue weighted by Gasteiger charge is 2.38. The summed E-state index contributed by atoms with van der Waals surface area (Å²) >= 11 is 0. The van der Waals surface area contributed by atoms with Gasteiger partial charge in [0.05, 0.1) is 18.2 Å². The van der Waals surface area contributed by atoms with Gasteiger partial charge in [-0.1, -0.05) is 0 Å². The molecule has 0 amide bonds. The number of carbonyl (C=O) groups is 3. The molecule has 0 aromatic heterocycles. The van der Waals surface area contributed by atoms with Crippen LogP contribution in [0.1, 0.15) is 47.8 Å². The van der Waals surface area contributed by atoms with E-state index < -0.39 is 51.5 Å². The molecule has 1 aliphatic carbocycles. The SMILES string of the molecule is COc1cc2c(c(O)c1O)C(=O)c1c(cc(C)c(C(=O)O)c1O)C2=O. The Hall–Kier alpha value is -3.55. The van der Waals surface area contributed by atoms with Crippen LogP contribution in [0.2, 0.25) is 0 Å². The summed E-state index contributed by atoms with van der Waals surface area (Å²) in [6.07, 6.45) is 0. The van der Waals surface area contributed by atoms with Crippen LogP contribution in [-0.2, 0) is 0 Å². The van der Waals surface area contributed by atoms with Crippen molar-refractivity contribution >= 4 is 17.5 Å². The summed E-state index contributed by atoms with van der Waals surface area (Å²) in [5.74, 6) is -5.84. The second kappa shape index (κ2) is 5.23. The monoisotopic (exact) mass is 344 g/mol. The van der Waals surface area contributed by atoms with Gasteiger partial charge in [0.25, 0.3) is 0 Å². The third kappa shape index (κ3) is 2.04. The van der Waals surface area contributed by atoms with E-state index in [-0.39, 0.29) is 22.4 Å². The average Bonchev–Trinajstić information content (AvgIpc) is 2.54. The number of aromatic hydroxyl groups is 3. The van der Waals surface area contributed by atoms with Gasteiger partial charge in [-0.3, -0.25) is 9.59 Å². The van der Waals surface area contributed by atoms with Crippen molar-refractivity contribution in [3.05, 3.63) is 45.5 Å². The molecule has 0 bridgehead atoms. The molecule has 128 valence electrons. The smallest absolute Gasteiger partial charge is 0.339 e. The fourth-order valence-corrected chi connectivity index (χ4v) is 2.95. The molecule has 0 radical (unpaired) electrons. The molecule has 4 N–H and O–H groups in total. The molecule has 0 aliphatic heterocycles. The van der Waals surface area contributed by atoms with Crippen LogP contribution < -0.4 is 4.74 Å². The maximum atomic E-state index is 12.7. The number of phenolic OH excluding ortho intramolecular Hbond substituents is 2. The quantitative estimate of drug-likeness (QED) is 0.514. The van der Waals surface area contributed by atoms with Gasteiger partial charge in [0.1, 0.15) is 11.3 Å². The predicted octanol–water partition coefficient (Wildman–Crippen LogP) is 1.59. The lowest BCUT2D eigenvalue weighted by Crippen LogP contribution is -2.23. The van der Waals surface area contributed by atoms with E-state index in [2.05, 4.69) is 0 Å². The summed E-state index contributed by atoms with van der Waals surface area (Å²) in [6.45, 7) is 1.38. The summed E-state index contributed by atoms with van der Waals surface area (Å²) in [7, 11) is 1.21. The number of aromatic carboxylic acids is 1. The van der Waals surface area contributed by atoms with Gasteiger partial charge in [-0.15, -0.1) is 0 Å². The second-order valence-electron chi connectivity index (χ2n) is 5.50. The van der Waals surface area contributed by atoms with E-state index in [9.17, 15) is 34.8 Å². The van der Waals surface area contributed by atoms with Crippen LogP contribution in [0.4, 0.5) is 0 Å². The summed E-state index contributed by atoms with van der Waals surface area (Å²) in [4.78, 5) is 36.7.